The molecule has 2 heterocycles. The van der Waals surface area contributed by atoms with Gasteiger partial charge in [0.2, 0.25) is 0 Å². The molecule has 23 heavy (non-hydrogen) atoms. The Hall–Kier alpha value is -2.49. The highest BCUT2D eigenvalue weighted by atomic mass is 16.6. The molecule has 4 heteroatoms. The number of carbonyl (C=O) groups excluding carboxylic acids is 1. The Labute approximate surface area is 135 Å². The standard InChI is InChI=1S/C19H19NO3/c1-13-4-6-16-14(11-13)3-2-8-20(16)19(21)15-5-7-17-18(12-15)23-10-9-22-17/h4-7,11-12H,2-3,8-10H2,1H3. The molecule has 0 N–H and O–H groups in total. The summed E-state index contributed by atoms with van der Waals surface area (Å²) in [5, 5.41) is 0. The zero-order valence-corrected chi connectivity index (χ0v) is 13.2. The van der Waals surface area contributed by atoms with Gasteiger partial charge in [0.25, 0.3) is 5.91 Å². The van der Waals surface area contributed by atoms with Crippen LogP contribution >= 0.6 is 0 Å². The molecule has 0 aliphatic carbocycles. The third kappa shape index (κ3) is 2.54. The van der Waals surface area contributed by atoms with Crippen molar-refractivity contribution in [2.24, 2.45) is 0 Å². The number of ether oxygens (including phenoxy) is 2. The predicted octanol–water partition coefficient (Wildman–Crippen LogP) is 3.36. The molecular weight excluding hydrogens is 290 g/mol. The Morgan fingerprint density at radius 2 is 1.87 bits per heavy atom. The van der Waals surface area contributed by atoms with E-state index < -0.39 is 0 Å². The molecule has 0 unspecified atom stereocenters. The van der Waals surface area contributed by atoms with Crippen molar-refractivity contribution >= 4 is 11.6 Å². The van der Waals surface area contributed by atoms with Gasteiger partial charge in [0.1, 0.15) is 13.2 Å². The van der Waals surface area contributed by atoms with Crippen molar-refractivity contribution < 1.29 is 14.3 Å². The van der Waals surface area contributed by atoms with Gasteiger partial charge in [-0.3, -0.25) is 4.79 Å². The van der Waals surface area contributed by atoms with Gasteiger partial charge in [-0.05, 0) is 49.6 Å². The Bertz CT molecular complexity index is 769. The number of nitrogens with zero attached hydrogens (tertiary/aromatic N) is 1. The predicted molar refractivity (Wildman–Crippen MR) is 88.6 cm³/mol. The monoisotopic (exact) mass is 309 g/mol. The van der Waals surface area contributed by atoms with E-state index >= 15 is 0 Å². The number of aryl methyl sites for hydroxylation is 2. The van der Waals surface area contributed by atoms with Gasteiger partial charge in [0, 0.05) is 17.8 Å². The van der Waals surface area contributed by atoms with Gasteiger partial charge < -0.3 is 14.4 Å². The summed E-state index contributed by atoms with van der Waals surface area (Å²) in [6.07, 6.45) is 2.02. The molecule has 4 nitrogen and oxygen atoms in total. The van der Waals surface area contributed by atoms with E-state index in [0.29, 0.717) is 30.3 Å². The first-order valence-corrected chi connectivity index (χ1v) is 8.03. The lowest BCUT2D eigenvalue weighted by Gasteiger charge is -2.30. The van der Waals surface area contributed by atoms with Crippen LogP contribution in [0.2, 0.25) is 0 Å². The van der Waals surface area contributed by atoms with Gasteiger partial charge in [0.15, 0.2) is 11.5 Å². The number of fused-ring (bicyclic) bond motifs is 2. The molecule has 0 saturated carbocycles. The summed E-state index contributed by atoms with van der Waals surface area (Å²) in [6.45, 7) is 3.92. The van der Waals surface area contributed by atoms with Gasteiger partial charge in [-0.25, -0.2) is 0 Å². The van der Waals surface area contributed by atoms with Gasteiger partial charge in [-0.2, -0.15) is 0 Å². The van der Waals surface area contributed by atoms with E-state index in [9.17, 15) is 4.79 Å². The Morgan fingerprint density at radius 3 is 2.74 bits per heavy atom. The SMILES string of the molecule is Cc1ccc2c(c1)CCCN2C(=O)c1ccc2c(c1)OCCO2. The zero-order chi connectivity index (χ0) is 15.8. The van der Waals surface area contributed by atoms with Gasteiger partial charge in [0.05, 0.1) is 0 Å². The van der Waals surface area contributed by atoms with Crippen LogP contribution in [0.25, 0.3) is 0 Å². The summed E-state index contributed by atoms with van der Waals surface area (Å²) in [6, 6.07) is 11.7. The Kier molecular flexibility index (Phi) is 3.45. The maximum Gasteiger partial charge on any atom is 0.258 e. The van der Waals surface area contributed by atoms with Crippen LogP contribution in [0.4, 0.5) is 5.69 Å². The topological polar surface area (TPSA) is 38.8 Å². The van der Waals surface area contributed by atoms with Gasteiger partial charge in [-0.1, -0.05) is 17.7 Å². The van der Waals surface area contributed by atoms with Crippen LogP contribution in [0.1, 0.15) is 27.9 Å². The van der Waals surface area contributed by atoms with E-state index in [1.807, 2.05) is 17.0 Å². The second-order valence-electron chi connectivity index (χ2n) is 6.05. The number of carbonyl (C=O) groups is 1. The third-order valence-electron chi connectivity index (χ3n) is 4.39. The number of hydrogen-bond acceptors (Lipinski definition) is 3. The molecule has 2 aromatic carbocycles. The minimum Gasteiger partial charge on any atom is -0.486 e. The van der Waals surface area contributed by atoms with Crippen molar-refractivity contribution in [1.29, 1.82) is 0 Å². The quantitative estimate of drug-likeness (QED) is 0.811. The maximum atomic E-state index is 13.0. The highest BCUT2D eigenvalue weighted by Gasteiger charge is 2.25. The Balaban J connectivity index is 1.68. The first-order valence-electron chi connectivity index (χ1n) is 8.03. The number of rotatable bonds is 1. The summed E-state index contributed by atoms with van der Waals surface area (Å²) in [5.74, 6) is 1.39. The average Bonchev–Trinajstić information content (AvgIpc) is 2.60. The molecule has 0 saturated heterocycles. The molecule has 2 aromatic rings. The molecule has 0 atom stereocenters. The van der Waals surface area contributed by atoms with Crippen LogP contribution in [-0.4, -0.2) is 25.7 Å². The van der Waals surface area contributed by atoms with E-state index in [1.165, 1.54) is 11.1 Å². The first-order chi connectivity index (χ1) is 11.2. The van der Waals surface area contributed by atoms with E-state index in [4.69, 9.17) is 9.47 Å². The molecule has 0 fully saturated rings. The summed E-state index contributed by atoms with van der Waals surface area (Å²) < 4.78 is 11.1. The van der Waals surface area contributed by atoms with E-state index in [-0.39, 0.29) is 5.91 Å². The van der Waals surface area contributed by atoms with Crippen molar-refractivity contribution in [3.05, 3.63) is 53.1 Å². The molecule has 0 radical (unpaired) electrons. The molecular formula is C19H19NO3. The minimum atomic E-state index is 0.0202. The summed E-state index contributed by atoms with van der Waals surface area (Å²) in [5.41, 5.74) is 4.16. The van der Waals surface area contributed by atoms with Crippen molar-refractivity contribution in [3.8, 4) is 11.5 Å². The van der Waals surface area contributed by atoms with Gasteiger partial charge in [-0.15, -0.1) is 0 Å². The van der Waals surface area contributed by atoms with Gasteiger partial charge >= 0.3 is 0 Å². The molecule has 0 aromatic heterocycles. The lowest BCUT2D eigenvalue weighted by atomic mass is 9.98. The molecule has 118 valence electrons. The highest BCUT2D eigenvalue weighted by molar-refractivity contribution is 6.07. The van der Waals surface area contributed by atoms with Crippen molar-refractivity contribution in [2.75, 3.05) is 24.7 Å². The van der Waals surface area contributed by atoms with Crippen LogP contribution in [0.15, 0.2) is 36.4 Å². The second-order valence-corrected chi connectivity index (χ2v) is 6.05. The van der Waals surface area contributed by atoms with Crippen LogP contribution in [0, 0.1) is 6.92 Å². The summed E-state index contributed by atoms with van der Waals surface area (Å²) in [7, 11) is 0. The van der Waals surface area contributed by atoms with Crippen molar-refractivity contribution in [2.45, 2.75) is 19.8 Å². The fourth-order valence-corrected chi connectivity index (χ4v) is 3.27. The summed E-state index contributed by atoms with van der Waals surface area (Å²) in [4.78, 5) is 14.8. The zero-order valence-electron chi connectivity index (χ0n) is 13.2. The normalized spacial score (nSPS) is 16.0. The average molecular weight is 309 g/mol. The van der Waals surface area contributed by atoms with Crippen LogP contribution in [0.5, 0.6) is 11.5 Å². The first kappa shape index (κ1) is 14.1. The smallest absolute Gasteiger partial charge is 0.258 e. The number of benzene rings is 2. The fraction of sp³-hybridized carbons (Fsp3) is 0.316. The van der Waals surface area contributed by atoms with Crippen LogP contribution in [0.3, 0.4) is 0 Å². The molecule has 2 aliphatic rings. The maximum absolute atomic E-state index is 13.0. The second kappa shape index (κ2) is 5.61. The fourth-order valence-electron chi connectivity index (χ4n) is 3.27. The lowest BCUT2D eigenvalue weighted by Crippen LogP contribution is -2.35. The number of anilines is 1. The molecule has 0 bridgehead atoms. The van der Waals surface area contributed by atoms with Crippen molar-refractivity contribution in [1.82, 2.24) is 0 Å². The third-order valence-corrected chi connectivity index (χ3v) is 4.39. The molecule has 0 spiro atoms. The van der Waals surface area contributed by atoms with E-state index in [2.05, 4.69) is 25.1 Å². The minimum absolute atomic E-state index is 0.0202. The largest absolute Gasteiger partial charge is 0.486 e. The molecule has 4 rings (SSSR count). The molecule has 2 aliphatic heterocycles. The van der Waals surface area contributed by atoms with Crippen molar-refractivity contribution in [3.63, 3.8) is 0 Å². The Morgan fingerprint density at radius 1 is 1.04 bits per heavy atom. The number of hydrogen-bond donors (Lipinski definition) is 0. The van der Waals surface area contributed by atoms with E-state index in [1.54, 1.807) is 6.07 Å². The van der Waals surface area contributed by atoms with Crippen LogP contribution < -0.4 is 14.4 Å². The summed E-state index contributed by atoms with van der Waals surface area (Å²) >= 11 is 0. The number of amides is 1. The van der Waals surface area contributed by atoms with Crippen LogP contribution in [-0.2, 0) is 6.42 Å². The van der Waals surface area contributed by atoms with E-state index in [0.717, 1.165) is 25.1 Å². The lowest BCUT2D eigenvalue weighted by molar-refractivity contribution is 0.0984. The highest BCUT2D eigenvalue weighted by Crippen LogP contribution is 2.33. The molecule has 1 amide bonds.